The van der Waals surface area contributed by atoms with Crippen molar-refractivity contribution in [3.63, 3.8) is 0 Å². The molecule has 1 heterocycles. The van der Waals surface area contributed by atoms with Crippen LogP contribution in [0.25, 0.3) is 0 Å². The van der Waals surface area contributed by atoms with Crippen molar-refractivity contribution < 1.29 is 28.9 Å². The van der Waals surface area contributed by atoms with E-state index in [2.05, 4.69) is 5.32 Å². The lowest BCUT2D eigenvalue weighted by atomic mass is 10.0. The van der Waals surface area contributed by atoms with Crippen molar-refractivity contribution in [3.8, 4) is 0 Å². The Morgan fingerprint density at radius 2 is 1.92 bits per heavy atom. The molecule has 1 saturated heterocycles. The predicted molar refractivity (Wildman–Crippen MR) is 89.9 cm³/mol. The summed E-state index contributed by atoms with van der Waals surface area (Å²) in [7, 11) is 0. The minimum atomic E-state index is -0.899. The van der Waals surface area contributed by atoms with Crippen LogP contribution in [0.1, 0.15) is 38.7 Å². The Hall–Kier alpha value is -2.12. The fraction of sp³-hybridized carbons (Fsp3) is 0.556. The van der Waals surface area contributed by atoms with Gasteiger partial charge in [-0.15, -0.1) is 0 Å². The number of ether oxygens (including phenoxy) is 3. The Labute approximate surface area is 147 Å². The molecule has 0 aliphatic carbocycles. The average molecular weight is 351 g/mol. The molecule has 2 N–H and O–H groups in total. The van der Waals surface area contributed by atoms with E-state index in [-0.39, 0.29) is 19.1 Å². The standard InChI is InChI=1S/C18H25NO6/c1-18(2)24-14(10-15(25-18)11-16(20)21)8-9-19-17(22)23-12-13-6-4-3-5-7-13/h3-7,14-15H,8-12H2,1-2H3,(H,19,22)(H,20,21)/t14-,15-/m1/s1. The molecule has 1 aromatic rings. The molecule has 138 valence electrons. The van der Waals surface area contributed by atoms with Crippen LogP contribution >= 0.6 is 0 Å². The minimum Gasteiger partial charge on any atom is -0.481 e. The highest BCUT2D eigenvalue weighted by atomic mass is 16.7. The van der Waals surface area contributed by atoms with Crippen LogP contribution in [-0.4, -0.2) is 41.7 Å². The number of nitrogens with one attached hydrogen (secondary N) is 1. The van der Waals surface area contributed by atoms with E-state index in [0.29, 0.717) is 19.4 Å². The third kappa shape index (κ3) is 7.11. The van der Waals surface area contributed by atoms with E-state index in [1.807, 2.05) is 30.3 Å². The van der Waals surface area contributed by atoms with Crippen molar-refractivity contribution >= 4 is 12.1 Å². The van der Waals surface area contributed by atoms with E-state index < -0.39 is 24.0 Å². The van der Waals surface area contributed by atoms with Crippen LogP contribution in [0, 0.1) is 0 Å². The summed E-state index contributed by atoms with van der Waals surface area (Å²) in [6.45, 7) is 4.12. The Morgan fingerprint density at radius 1 is 1.24 bits per heavy atom. The predicted octanol–water partition coefficient (Wildman–Crippen LogP) is 2.69. The summed E-state index contributed by atoms with van der Waals surface area (Å²) in [6, 6.07) is 9.43. The number of hydrogen-bond acceptors (Lipinski definition) is 5. The fourth-order valence-electron chi connectivity index (χ4n) is 2.83. The molecule has 1 fully saturated rings. The molecular formula is C18H25NO6. The molecule has 0 aromatic heterocycles. The monoisotopic (exact) mass is 351 g/mol. The number of carbonyl (C=O) groups excluding carboxylic acids is 1. The largest absolute Gasteiger partial charge is 0.481 e. The second-order valence-corrected chi connectivity index (χ2v) is 6.49. The summed E-state index contributed by atoms with van der Waals surface area (Å²) in [4.78, 5) is 22.6. The van der Waals surface area contributed by atoms with Gasteiger partial charge in [0.1, 0.15) is 6.61 Å². The SMILES string of the molecule is CC1(C)O[C@H](CCNC(=O)OCc2ccccc2)C[C@H](CC(=O)O)O1. The lowest BCUT2D eigenvalue weighted by Crippen LogP contribution is -2.46. The number of rotatable bonds is 7. The van der Waals surface area contributed by atoms with Crippen molar-refractivity contribution in [1.29, 1.82) is 0 Å². The first kappa shape index (κ1) is 19.2. The molecule has 1 aromatic carbocycles. The lowest BCUT2D eigenvalue weighted by molar-refractivity contribution is -0.300. The van der Waals surface area contributed by atoms with Crippen LogP contribution in [0.3, 0.4) is 0 Å². The van der Waals surface area contributed by atoms with E-state index in [4.69, 9.17) is 19.3 Å². The highest BCUT2D eigenvalue weighted by molar-refractivity contribution is 5.67. The van der Waals surface area contributed by atoms with E-state index in [1.54, 1.807) is 13.8 Å². The number of benzene rings is 1. The molecule has 0 saturated carbocycles. The summed E-state index contributed by atoms with van der Waals surface area (Å²) in [5, 5.41) is 11.6. The van der Waals surface area contributed by atoms with E-state index in [1.165, 1.54) is 0 Å². The van der Waals surface area contributed by atoms with Gasteiger partial charge in [-0.05, 0) is 25.8 Å². The van der Waals surface area contributed by atoms with Gasteiger partial charge < -0.3 is 24.6 Å². The van der Waals surface area contributed by atoms with Gasteiger partial charge in [-0.25, -0.2) is 4.79 Å². The van der Waals surface area contributed by atoms with Gasteiger partial charge >= 0.3 is 12.1 Å². The molecule has 2 rings (SSSR count). The summed E-state index contributed by atoms with van der Waals surface area (Å²) < 4.78 is 16.5. The molecule has 25 heavy (non-hydrogen) atoms. The first-order chi connectivity index (χ1) is 11.8. The maximum absolute atomic E-state index is 11.7. The number of aliphatic carboxylic acids is 1. The van der Waals surface area contributed by atoms with Gasteiger partial charge in [0.2, 0.25) is 0 Å². The molecule has 7 nitrogen and oxygen atoms in total. The number of alkyl carbamates (subject to hydrolysis) is 1. The second-order valence-electron chi connectivity index (χ2n) is 6.49. The van der Waals surface area contributed by atoms with Gasteiger partial charge in [0, 0.05) is 13.0 Å². The van der Waals surface area contributed by atoms with Crippen molar-refractivity contribution in [2.24, 2.45) is 0 Å². The molecule has 1 amide bonds. The van der Waals surface area contributed by atoms with Gasteiger partial charge in [0.15, 0.2) is 5.79 Å². The van der Waals surface area contributed by atoms with Crippen LogP contribution in [-0.2, 0) is 25.6 Å². The van der Waals surface area contributed by atoms with Crippen molar-refractivity contribution in [1.82, 2.24) is 5.32 Å². The first-order valence-corrected chi connectivity index (χ1v) is 8.36. The molecular weight excluding hydrogens is 326 g/mol. The van der Waals surface area contributed by atoms with Crippen LogP contribution in [0.5, 0.6) is 0 Å². The second kappa shape index (κ2) is 8.82. The summed E-state index contributed by atoms with van der Waals surface area (Å²) in [6.07, 6.45) is -0.0774. The Kier molecular flexibility index (Phi) is 6.78. The quantitative estimate of drug-likeness (QED) is 0.784. The Morgan fingerprint density at radius 3 is 2.60 bits per heavy atom. The maximum atomic E-state index is 11.7. The Bertz CT molecular complexity index is 574. The van der Waals surface area contributed by atoms with Crippen LogP contribution in [0.4, 0.5) is 4.79 Å². The lowest BCUT2D eigenvalue weighted by Gasteiger charge is -2.40. The van der Waals surface area contributed by atoms with Gasteiger partial charge in [-0.3, -0.25) is 4.79 Å². The van der Waals surface area contributed by atoms with Gasteiger partial charge in [0.05, 0.1) is 18.6 Å². The van der Waals surface area contributed by atoms with Crippen molar-refractivity contribution in [2.75, 3.05) is 6.54 Å². The summed E-state index contributed by atoms with van der Waals surface area (Å²) in [5.41, 5.74) is 0.920. The van der Waals surface area contributed by atoms with Crippen LogP contribution in [0.2, 0.25) is 0 Å². The van der Waals surface area contributed by atoms with Gasteiger partial charge in [-0.1, -0.05) is 30.3 Å². The highest BCUT2D eigenvalue weighted by Gasteiger charge is 2.36. The van der Waals surface area contributed by atoms with Crippen LogP contribution < -0.4 is 5.32 Å². The number of amides is 1. The maximum Gasteiger partial charge on any atom is 0.407 e. The number of carbonyl (C=O) groups is 2. The summed E-state index contributed by atoms with van der Waals surface area (Å²) in [5.74, 6) is -1.74. The smallest absolute Gasteiger partial charge is 0.407 e. The van der Waals surface area contributed by atoms with Crippen molar-refractivity contribution in [2.45, 2.75) is 57.7 Å². The fourth-order valence-corrected chi connectivity index (χ4v) is 2.83. The van der Waals surface area contributed by atoms with E-state index >= 15 is 0 Å². The Balaban J connectivity index is 1.70. The van der Waals surface area contributed by atoms with Crippen molar-refractivity contribution in [3.05, 3.63) is 35.9 Å². The zero-order chi connectivity index (χ0) is 18.3. The average Bonchev–Trinajstić information content (AvgIpc) is 2.52. The first-order valence-electron chi connectivity index (χ1n) is 8.36. The van der Waals surface area contributed by atoms with Crippen LogP contribution in [0.15, 0.2) is 30.3 Å². The van der Waals surface area contributed by atoms with Gasteiger partial charge in [-0.2, -0.15) is 0 Å². The molecule has 1 aliphatic rings. The van der Waals surface area contributed by atoms with E-state index in [9.17, 15) is 9.59 Å². The molecule has 0 bridgehead atoms. The van der Waals surface area contributed by atoms with Gasteiger partial charge in [0.25, 0.3) is 0 Å². The molecule has 2 atom stereocenters. The molecule has 1 aliphatic heterocycles. The molecule has 0 radical (unpaired) electrons. The third-order valence-corrected chi connectivity index (χ3v) is 3.78. The zero-order valence-electron chi connectivity index (χ0n) is 14.6. The van der Waals surface area contributed by atoms with E-state index in [0.717, 1.165) is 5.56 Å². The highest BCUT2D eigenvalue weighted by Crippen LogP contribution is 2.29. The number of hydrogen-bond donors (Lipinski definition) is 2. The number of carboxylic acids is 1. The summed E-state index contributed by atoms with van der Waals surface area (Å²) >= 11 is 0. The zero-order valence-corrected chi connectivity index (χ0v) is 14.6. The molecule has 0 spiro atoms. The number of carboxylic acid groups (broad SMARTS) is 1. The molecule has 0 unspecified atom stereocenters. The minimum absolute atomic E-state index is 0.0597. The molecule has 7 heteroatoms. The third-order valence-electron chi connectivity index (χ3n) is 3.78. The topological polar surface area (TPSA) is 94.1 Å². The normalized spacial score (nSPS) is 22.2.